The summed E-state index contributed by atoms with van der Waals surface area (Å²) in [5, 5.41) is 2.99. The second-order valence-corrected chi connectivity index (χ2v) is 7.62. The predicted molar refractivity (Wildman–Crippen MR) is 119 cm³/mol. The van der Waals surface area contributed by atoms with Crippen molar-refractivity contribution in [3.05, 3.63) is 81.5 Å². The van der Waals surface area contributed by atoms with Crippen molar-refractivity contribution < 1.29 is 18.8 Å². The van der Waals surface area contributed by atoms with E-state index in [9.17, 15) is 14.4 Å². The van der Waals surface area contributed by atoms with E-state index in [4.69, 9.17) is 27.6 Å². The Balaban J connectivity index is 1.65. The van der Waals surface area contributed by atoms with Crippen LogP contribution in [0.5, 0.6) is 0 Å². The van der Waals surface area contributed by atoms with E-state index in [1.54, 1.807) is 42.5 Å². The molecule has 1 aliphatic heterocycles. The molecule has 0 saturated carbocycles. The largest absolute Gasteiger partial charge is 0.457 e. The van der Waals surface area contributed by atoms with Crippen molar-refractivity contribution in [3.63, 3.8) is 0 Å². The highest BCUT2D eigenvalue weighted by molar-refractivity contribution is 6.42. The van der Waals surface area contributed by atoms with Crippen LogP contribution in [-0.2, 0) is 16.0 Å². The lowest BCUT2D eigenvalue weighted by atomic mass is 10.1. The van der Waals surface area contributed by atoms with Crippen molar-refractivity contribution in [1.82, 2.24) is 5.32 Å². The molecule has 0 atom stereocenters. The Labute approximate surface area is 188 Å². The first kappa shape index (κ1) is 20.9. The minimum atomic E-state index is -0.799. The molecule has 6 nitrogen and oxygen atoms in total. The number of hydrogen-bond acceptors (Lipinski definition) is 4. The van der Waals surface area contributed by atoms with E-state index in [0.717, 1.165) is 16.9 Å². The molecule has 0 spiro atoms. The van der Waals surface area contributed by atoms with E-state index in [0.29, 0.717) is 27.1 Å². The summed E-state index contributed by atoms with van der Waals surface area (Å²) in [5.41, 5.74) is 1.90. The molecule has 2 heterocycles. The molecular weight excluding hydrogens is 439 g/mol. The van der Waals surface area contributed by atoms with E-state index in [1.807, 2.05) is 19.1 Å². The van der Waals surface area contributed by atoms with Gasteiger partial charge in [0.2, 0.25) is 0 Å². The van der Waals surface area contributed by atoms with Crippen LogP contribution >= 0.6 is 23.2 Å². The molecule has 1 N–H and O–H groups in total. The summed E-state index contributed by atoms with van der Waals surface area (Å²) in [6, 6.07) is 14.5. The van der Waals surface area contributed by atoms with Crippen molar-refractivity contribution in [3.8, 4) is 11.3 Å². The van der Waals surface area contributed by atoms with Gasteiger partial charge >= 0.3 is 6.03 Å². The summed E-state index contributed by atoms with van der Waals surface area (Å²) >= 11 is 12.0. The number of amides is 4. The van der Waals surface area contributed by atoms with Gasteiger partial charge in [0, 0.05) is 5.56 Å². The normalized spacial score (nSPS) is 15.5. The maximum absolute atomic E-state index is 13.0. The lowest BCUT2D eigenvalue weighted by molar-refractivity contribution is -0.122. The van der Waals surface area contributed by atoms with E-state index >= 15 is 0 Å². The molecule has 3 aromatic rings. The topological polar surface area (TPSA) is 79.6 Å². The number of carbonyl (C=O) groups excluding carboxylic acids is 3. The molecule has 0 aliphatic carbocycles. The summed E-state index contributed by atoms with van der Waals surface area (Å²) in [6.45, 7) is 2.00. The van der Waals surface area contributed by atoms with Crippen LogP contribution in [-0.4, -0.2) is 17.8 Å². The molecule has 0 unspecified atom stereocenters. The molecular formula is C23H16Cl2N2O4. The van der Waals surface area contributed by atoms with Gasteiger partial charge in [-0.05, 0) is 60.5 Å². The fraction of sp³-hybridized carbons (Fsp3) is 0.0870. The SMILES string of the molecule is CCc1ccc(N2C(=O)NC(=O)/C(=C/c3ccc(-c4ccc(Cl)c(Cl)c4)o3)C2=O)cc1. The Morgan fingerprint density at radius 1 is 0.968 bits per heavy atom. The van der Waals surface area contributed by atoms with Crippen LogP contribution in [0.1, 0.15) is 18.2 Å². The predicted octanol–water partition coefficient (Wildman–Crippen LogP) is 5.48. The summed E-state index contributed by atoms with van der Waals surface area (Å²) in [5.74, 6) is -0.762. The van der Waals surface area contributed by atoms with Gasteiger partial charge in [0.05, 0.1) is 15.7 Å². The van der Waals surface area contributed by atoms with Gasteiger partial charge in [0.15, 0.2) is 0 Å². The number of hydrogen-bond donors (Lipinski definition) is 1. The molecule has 1 fully saturated rings. The summed E-state index contributed by atoms with van der Waals surface area (Å²) < 4.78 is 5.75. The van der Waals surface area contributed by atoms with E-state index in [-0.39, 0.29) is 11.3 Å². The highest BCUT2D eigenvalue weighted by Gasteiger charge is 2.37. The fourth-order valence-corrected chi connectivity index (χ4v) is 3.45. The van der Waals surface area contributed by atoms with Crippen LogP contribution in [0.4, 0.5) is 10.5 Å². The number of nitrogens with zero attached hydrogens (tertiary/aromatic N) is 1. The van der Waals surface area contributed by atoms with E-state index in [1.165, 1.54) is 6.08 Å². The first-order valence-electron chi connectivity index (χ1n) is 9.43. The Morgan fingerprint density at radius 2 is 1.71 bits per heavy atom. The van der Waals surface area contributed by atoms with Crippen LogP contribution in [0.15, 0.2) is 64.6 Å². The molecule has 31 heavy (non-hydrogen) atoms. The number of nitrogens with one attached hydrogen (secondary N) is 1. The van der Waals surface area contributed by atoms with Crippen molar-refractivity contribution in [2.75, 3.05) is 4.90 Å². The number of barbiturate groups is 1. The fourth-order valence-electron chi connectivity index (χ4n) is 3.15. The number of anilines is 1. The van der Waals surface area contributed by atoms with Gasteiger partial charge in [-0.3, -0.25) is 14.9 Å². The quantitative estimate of drug-likeness (QED) is 0.417. The Bertz CT molecular complexity index is 1230. The molecule has 4 amide bonds. The minimum absolute atomic E-state index is 0.214. The number of urea groups is 1. The third-order valence-corrected chi connectivity index (χ3v) is 5.56. The van der Waals surface area contributed by atoms with Gasteiger partial charge in [0.25, 0.3) is 11.8 Å². The highest BCUT2D eigenvalue weighted by atomic mass is 35.5. The third-order valence-electron chi connectivity index (χ3n) is 4.82. The number of benzene rings is 2. The average Bonchev–Trinajstić information content (AvgIpc) is 3.22. The number of halogens is 2. The zero-order chi connectivity index (χ0) is 22.1. The molecule has 1 saturated heterocycles. The van der Waals surface area contributed by atoms with Crippen LogP contribution in [0.3, 0.4) is 0 Å². The third kappa shape index (κ3) is 4.13. The Kier molecular flexibility index (Phi) is 5.67. The van der Waals surface area contributed by atoms with Gasteiger partial charge in [0.1, 0.15) is 17.1 Å². The summed E-state index contributed by atoms with van der Waals surface area (Å²) in [4.78, 5) is 38.5. The molecule has 4 rings (SSSR count). The number of carbonyl (C=O) groups is 3. The summed E-state index contributed by atoms with van der Waals surface area (Å²) in [6.07, 6.45) is 2.13. The van der Waals surface area contributed by atoms with Crippen molar-refractivity contribution >= 4 is 52.8 Å². The molecule has 1 aliphatic rings. The standard InChI is InChI=1S/C23H16Cl2N2O4/c1-2-13-3-6-15(7-4-13)27-22(29)17(21(28)26-23(27)30)12-16-8-10-20(31-16)14-5-9-18(24)19(25)11-14/h3-12H,2H2,1H3,(H,26,28,30)/b17-12-. The molecule has 8 heteroatoms. The van der Waals surface area contributed by atoms with Gasteiger partial charge in [-0.15, -0.1) is 0 Å². The van der Waals surface area contributed by atoms with Crippen LogP contribution in [0, 0.1) is 0 Å². The number of imide groups is 2. The molecule has 2 aromatic carbocycles. The maximum atomic E-state index is 13.0. The lowest BCUT2D eigenvalue weighted by Crippen LogP contribution is -2.54. The number of aryl methyl sites for hydroxylation is 1. The van der Waals surface area contributed by atoms with Gasteiger partial charge < -0.3 is 4.42 Å². The van der Waals surface area contributed by atoms with Crippen molar-refractivity contribution in [2.45, 2.75) is 13.3 Å². The monoisotopic (exact) mass is 454 g/mol. The van der Waals surface area contributed by atoms with Crippen LogP contribution in [0.25, 0.3) is 17.4 Å². The lowest BCUT2D eigenvalue weighted by Gasteiger charge is -2.26. The molecule has 0 bridgehead atoms. The Hall–Kier alpha value is -3.35. The molecule has 0 radical (unpaired) electrons. The van der Waals surface area contributed by atoms with Crippen LogP contribution < -0.4 is 10.2 Å². The second kappa shape index (κ2) is 8.41. The van der Waals surface area contributed by atoms with Crippen LogP contribution in [0.2, 0.25) is 10.0 Å². The number of furan rings is 1. The van der Waals surface area contributed by atoms with Crippen molar-refractivity contribution in [2.24, 2.45) is 0 Å². The van der Waals surface area contributed by atoms with Gasteiger partial charge in [-0.1, -0.05) is 42.3 Å². The van der Waals surface area contributed by atoms with E-state index < -0.39 is 17.8 Å². The number of rotatable bonds is 4. The van der Waals surface area contributed by atoms with Gasteiger partial charge in [-0.25, -0.2) is 9.69 Å². The minimum Gasteiger partial charge on any atom is -0.457 e. The first-order valence-corrected chi connectivity index (χ1v) is 10.2. The average molecular weight is 455 g/mol. The maximum Gasteiger partial charge on any atom is 0.335 e. The van der Waals surface area contributed by atoms with Crippen molar-refractivity contribution in [1.29, 1.82) is 0 Å². The Morgan fingerprint density at radius 3 is 2.39 bits per heavy atom. The zero-order valence-corrected chi connectivity index (χ0v) is 17.8. The van der Waals surface area contributed by atoms with E-state index in [2.05, 4.69) is 5.32 Å². The van der Waals surface area contributed by atoms with Gasteiger partial charge in [-0.2, -0.15) is 0 Å². The second-order valence-electron chi connectivity index (χ2n) is 6.81. The first-order chi connectivity index (χ1) is 14.9. The molecule has 1 aromatic heterocycles. The summed E-state index contributed by atoms with van der Waals surface area (Å²) in [7, 11) is 0. The highest BCUT2D eigenvalue weighted by Crippen LogP contribution is 2.30. The smallest absolute Gasteiger partial charge is 0.335 e. The molecule has 156 valence electrons. The zero-order valence-electron chi connectivity index (χ0n) is 16.3.